The number of H-pyrrole nitrogens is 1. The molecule has 8 heteroatoms. The molecule has 0 aromatic carbocycles. The molecule has 4 bridgehead atoms. The number of ether oxygens (including phenoxy) is 3. The van der Waals surface area contributed by atoms with Gasteiger partial charge in [0, 0.05) is 35.8 Å². The summed E-state index contributed by atoms with van der Waals surface area (Å²) in [6.45, 7) is 9.65. The molecule has 0 amide bonds. The molecule has 2 aliphatic carbocycles. The summed E-state index contributed by atoms with van der Waals surface area (Å²) in [4.78, 5) is 29.3. The monoisotopic (exact) mass is 513 g/mol. The van der Waals surface area contributed by atoms with Gasteiger partial charge in [0.25, 0.3) is 0 Å². The zero-order valence-corrected chi connectivity index (χ0v) is 22.2. The fraction of sp³-hybridized carbons (Fsp3) is 0.655. The van der Waals surface area contributed by atoms with Gasteiger partial charge in [-0.3, -0.25) is 4.79 Å². The lowest BCUT2D eigenvalue weighted by Gasteiger charge is -2.49. The maximum atomic E-state index is 13.6. The Morgan fingerprint density at radius 1 is 1.27 bits per heavy atom. The molecule has 1 spiro atoms. The largest absolute Gasteiger partial charge is 0.459 e. The minimum absolute atomic E-state index is 0.172. The van der Waals surface area contributed by atoms with Crippen molar-refractivity contribution in [1.29, 1.82) is 0 Å². The molecule has 3 N–H and O–H groups in total. The van der Waals surface area contributed by atoms with Gasteiger partial charge in [-0.1, -0.05) is 45.9 Å². The highest BCUT2D eigenvalue weighted by Crippen LogP contribution is 2.62. The fourth-order valence-corrected chi connectivity index (χ4v) is 7.43. The summed E-state index contributed by atoms with van der Waals surface area (Å²) in [5.41, 5.74) is 0.309. The maximum absolute atomic E-state index is 13.6. The number of nitrogens with one attached hydrogen (secondary N) is 1. The number of rotatable bonds is 5. The van der Waals surface area contributed by atoms with Crippen LogP contribution in [0.5, 0.6) is 0 Å². The van der Waals surface area contributed by atoms with E-state index in [9.17, 15) is 19.8 Å². The van der Waals surface area contributed by atoms with Crippen molar-refractivity contribution in [3.63, 3.8) is 0 Å². The molecule has 12 atom stereocenters. The van der Waals surface area contributed by atoms with Crippen molar-refractivity contribution >= 4 is 11.9 Å². The number of hydrogen-bond donors (Lipinski definition) is 3. The zero-order chi connectivity index (χ0) is 26.6. The Balaban J connectivity index is 1.59. The molecule has 1 saturated heterocycles. The summed E-state index contributed by atoms with van der Waals surface area (Å²) in [5, 5.41) is 22.4. The first-order valence-corrected chi connectivity index (χ1v) is 13.6. The summed E-state index contributed by atoms with van der Waals surface area (Å²) in [6, 6.07) is 3.39. The molecule has 37 heavy (non-hydrogen) atoms. The number of carbonyl (C=O) groups is 2. The second-order valence-corrected chi connectivity index (χ2v) is 11.3. The van der Waals surface area contributed by atoms with Crippen molar-refractivity contribution in [1.82, 2.24) is 4.98 Å². The Hall–Kier alpha value is -2.42. The molecule has 4 aliphatic rings. The average molecular weight is 514 g/mol. The quantitative estimate of drug-likeness (QED) is 0.408. The van der Waals surface area contributed by atoms with Gasteiger partial charge in [0.2, 0.25) is 0 Å². The van der Waals surface area contributed by atoms with Crippen LogP contribution in [-0.4, -0.2) is 63.3 Å². The summed E-state index contributed by atoms with van der Waals surface area (Å²) in [7, 11) is 0. The Morgan fingerprint density at radius 2 is 2.03 bits per heavy atom. The molecular weight excluding hydrogens is 474 g/mol. The van der Waals surface area contributed by atoms with E-state index in [4.69, 9.17) is 14.2 Å². The molecule has 202 valence electrons. The van der Waals surface area contributed by atoms with E-state index in [0.29, 0.717) is 18.5 Å². The number of hydrogen-bond acceptors (Lipinski definition) is 7. The van der Waals surface area contributed by atoms with E-state index in [1.54, 1.807) is 18.3 Å². The normalized spacial score (nSPS) is 44.9. The lowest BCUT2D eigenvalue weighted by atomic mass is 9.56. The molecule has 0 unspecified atom stereocenters. The molecule has 5 rings (SSSR count). The van der Waals surface area contributed by atoms with E-state index in [-0.39, 0.29) is 35.6 Å². The van der Waals surface area contributed by atoms with Gasteiger partial charge in [-0.15, -0.1) is 0 Å². The first kappa shape index (κ1) is 26.2. The maximum Gasteiger partial charge on any atom is 0.355 e. The number of cyclic esters (lactones) is 1. The summed E-state index contributed by atoms with van der Waals surface area (Å²) in [6.07, 6.45) is 5.38. The van der Waals surface area contributed by atoms with Crippen LogP contribution in [-0.2, 0) is 19.0 Å². The van der Waals surface area contributed by atoms with Gasteiger partial charge in [-0.05, 0) is 37.5 Å². The predicted molar refractivity (Wildman–Crippen MR) is 135 cm³/mol. The van der Waals surface area contributed by atoms with Crippen LogP contribution < -0.4 is 0 Å². The van der Waals surface area contributed by atoms with Crippen LogP contribution in [0.2, 0.25) is 0 Å². The summed E-state index contributed by atoms with van der Waals surface area (Å²) >= 11 is 0. The molecule has 0 radical (unpaired) electrons. The van der Waals surface area contributed by atoms with Crippen molar-refractivity contribution in [2.45, 2.75) is 83.6 Å². The first-order chi connectivity index (χ1) is 17.6. The SMILES string of the molecule is CC[C@@H](O)[C@H]1OC(=O)[C@H](CC)[C@H]2C=C[C@H]3[C@H]4O[C@]2(/C(C)=C/[C@H]1C)[C@@H]3[C@H](O)[C@@H](C)[C@H]4OC(=O)c1ccc[nH]1. The second-order valence-electron chi connectivity index (χ2n) is 11.3. The number of aromatic nitrogens is 1. The highest BCUT2D eigenvalue weighted by atomic mass is 16.6. The Labute approximate surface area is 218 Å². The third-order valence-electron chi connectivity index (χ3n) is 9.34. The van der Waals surface area contributed by atoms with E-state index in [1.165, 1.54) is 0 Å². The summed E-state index contributed by atoms with van der Waals surface area (Å²) < 4.78 is 18.9. The molecule has 1 aromatic rings. The van der Waals surface area contributed by atoms with Gasteiger partial charge in [0.05, 0.1) is 18.1 Å². The lowest BCUT2D eigenvalue weighted by Crippen LogP contribution is -2.57. The second kappa shape index (κ2) is 9.71. The summed E-state index contributed by atoms with van der Waals surface area (Å²) in [5.74, 6) is -2.82. The number of aliphatic hydroxyl groups is 2. The fourth-order valence-electron chi connectivity index (χ4n) is 7.43. The Kier molecular flexibility index (Phi) is 6.88. The van der Waals surface area contributed by atoms with E-state index in [0.717, 1.165) is 5.57 Å². The number of carbonyl (C=O) groups excluding carboxylic acids is 2. The Morgan fingerprint density at radius 3 is 2.68 bits per heavy atom. The Bertz CT molecular complexity index is 1080. The molecule has 8 nitrogen and oxygen atoms in total. The van der Waals surface area contributed by atoms with Crippen molar-refractivity contribution in [2.75, 3.05) is 0 Å². The zero-order valence-electron chi connectivity index (χ0n) is 22.2. The minimum Gasteiger partial charge on any atom is -0.459 e. The molecule has 1 aromatic heterocycles. The van der Waals surface area contributed by atoms with E-state index < -0.39 is 48.0 Å². The van der Waals surface area contributed by atoms with Crippen LogP contribution in [0, 0.1) is 35.5 Å². The molecule has 2 aliphatic heterocycles. The van der Waals surface area contributed by atoms with Crippen LogP contribution in [0.4, 0.5) is 0 Å². The van der Waals surface area contributed by atoms with E-state index in [1.807, 2.05) is 52.8 Å². The smallest absolute Gasteiger partial charge is 0.355 e. The van der Waals surface area contributed by atoms with Crippen LogP contribution in [0.1, 0.15) is 57.9 Å². The van der Waals surface area contributed by atoms with Crippen LogP contribution >= 0.6 is 0 Å². The van der Waals surface area contributed by atoms with Crippen LogP contribution in [0.25, 0.3) is 0 Å². The van der Waals surface area contributed by atoms with Gasteiger partial charge in [0.15, 0.2) is 0 Å². The first-order valence-electron chi connectivity index (χ1n) is 13.6. The number of aliphatic hydroxyl groups excluding tert-OH is 2. The van der Waals surface area contributed by atoms with Crippen LogP contribution in [0.3, 0.4) is 0 Å². The van der Waals surface area contributed by atoms with Crippen LogP contribution in [0.15, 0.2) is 42.1 Å². The molecule has 1 saturated carbocycles. The molecule has 2 fully saturated rings. The molecule has 3 heterocycles. The van der Waals surface area contributed by atoms with Crippen molar-refractivity contribution in [3.8, 4) is 0 Å². The van der Waals surface area contributed by atoms with Gasteiger partial charge < -0.3 is 29.4 Å². The van der Waals surface area contributed by atoms with Gasteiger partial charge >= 0.3 is 11.9 Å². The third-order valence-corrected chi connectivity index (χ3v) is 9.34. The van der Waals surface area contributed by atoms with Crippen molar-refractivity contribution < 1.29 is 34.0 Å². The third kappa shape index (κ3) is 3.91. The lowest BCUT2D eigenvalue weighted by molar-refractivity contribution is -0.168. The minimum atomic E-state index is -0.953. The van der Waals surface area contributed by atoms with E-state index in [2.05, 4.69) is 4.98 Å². The van der Waals surface area contributed by atoms with Crippen molar-refractivity contribution in [3.05, 3.63) is 47.8 Å². The number of esters is 2. The van der Waals surface area contributed by atoms with Gasteiger partial charge in [0.1, 0.15) is 29.6 Å². The average Bonchev–Trinajstić information content (AvgIpc) is 3.48. The number of aromatic amines is 1. The van der Waals surface area contributed by atoms with E-state index >= 15 is 0 Å². The highest BCUT2D eigenvalue weighted by Gasteiger charge is 2.70. The van der Waals surface area contributed by atoms with Gasteiger partial charge in [-0.25, -0.2) is 4.79 Å². The topological polar surface area (TPSA) is 118 Å². The predicted octanol–water partition coefficient (Wildman–Crippen LogP) is 3.41. The van der Waals surface area contributed by atoms with Gasteiger partial charge in [-0.2, -0.15) is 0 Å². The molecular formula is C29H39NO7. The van der Waals surface area contributed by atoms with Crippen molar-refractivity contribution in [2.24, 2.45) is 35.5 Å². The highest BCUT2D eigenvalue weighted by molar-refractivity contribution is 5.87. The standard InChI is InChI=1S/C29H39NO7/c1-6-17-19-11-10-18-22-23(32)16(5)25(36-28(34)20-9-8-12-30-20)26(18)37-29(19,22)15(4)13-14(3)24(21(31)7-2)35-27(17)33/h8-14,16-19,21-26,30-32H,6-7H2,1-5H3/b15-13+/t14-,16-,17-,18-,19-,21-,22+,23-,24+,25-,26-,29+/m1/s1.